The van der Waals surface area contributed by atoms with Gasteiger partial charge in [-0.05, 0) is 38.0 Å². The van der Waals surface area contributed by atoms with Crippen molar-refractivity contribution in [2.24, 2.45) is 0 Å². The molecule has 1 saturated heterocycles. The van der Waals surface area contributed by atoms with Crippen LogP contribution in [0.3, 0.4) is 0 Å². The molecule has 23 heavy (non-hydrogen) atoms. The van der Waals surface area contributed by atoms with Gasteiger partial charge >= 0.3 is 0 Å². The van der Waals surface area contributed by atoms with E-state index in [0.29, 0.717) is 29.4 Å². The average Bonchev–Trinajstić information content (AvgIpc) is 2.45. The smallest absolute Gasteiger partial charge is 0.220 e. The molecule has 0 aromatic heterocycles. The van der Waals surface area contributed by atoms with Crippen molar-refractivity contribution in [2.75, 3.05) is 26.2 Å². The number of nitrogens with one attached hydrogen (secondary N) is 1. The van der Waals surface area contributed by atoms with Crippen LogP contribution in [0.2, 0.25) is 10.0 Å². The zero-order valence-electron chi connectivity index (χ0n) is 13.6. The number of nitrogens with zero attached hydrogens (tertiary/aromatic N) is 1. The van der Waals surface area contributed by atoms with Gasteiger partial charge in [0.2, 0.25) is 5.91 Å². The summed E-state index contributed by atoms with van der Waals surface area (Å²) in [7, 11) is 0. The fraction of sp³-hybridized carbons (Fsp3) is 0.588. The van der Waals surface area contributed by atoms with Gasteiger partial charge in [0.15, 0.2) is 0 Å². The number of aryl methyl sites for hydroxylation is 1. The maximum Gasteiger partial charge on any atom is 0.220 e. The van der Waals surface area contributed by atoms with Crippen LogP contribution in [0.25, 0.3) is 0 Å². The van der Waals surface area contributed by atoms with E-state index >= 15 is 0 Å². The molecule has 0 radical (unpaired) electrons. The number of morpholine rings is 1. The van der Waals surface area contributed by atoms with Gasteiger partial charge < -0.3 is 10.1 Å². The molecule has 0 aliphatic carbocycles. The van der Waals surface area contributed by atoms with Crippen LogP contribution >= 0.6 is 23.2 Å². The van der Waals surface area contributed by atoms with Gasteiger partial charge in [-0.3, -0.25) is 9.69 Å². The molecule has 1 aliphatic rings. The van der Waals surface area contributed by atoms with Crippen LogP contribution in [0.4, 0.5) is 0 Å². The summed E-state index contributed by atoms with van der Waals surface area (Å²) in [6.07, 6.45) is 1.55. The number of hydrogen-bond acceptors (Lipinski definition) is 3. The highest BCUT2D eigenvalue weighted by Crippen LogP contribution is 2.22. The van der Waals surface area contributed by atoms with Crippen LogP contribution in [0.1, 0.15) is 25.8 Å². The Morgan fingerprint density at radius 3 is 2.65 bits per heavy atom. The molecule has 1 aromatic carbocycles. The number of hydrogen-bond donors (Lipinski definition) is 1. The molecule has 1 N–H and O–H groups in total. The summed E-state index contributed by atoms with van der Waals surface area (Å²) in [5, 5.41) is 4.19. The van der Waals surface area contributed by atoms with E-state index < -0.39 is 0 Å². The molecule has 1 amide bonds. The lowest BCUT2D eigenvalue weighted by molar-refractivity contribution is -0.121. The minimum Gasteiger partial charge on any atom is -0.373 e. The Labute approximate surface area is 148 Å². The summed E-state index contributed by atoms with van der Waals surface area (Å²) in [6, 6.07) is 5.37. The first-order chi connectivity index (χ1) is 10.9. The van der Waals surface area contributed by atoms with Gasteiger partial charge in [0.25, 0.3) is 0 Å². The van der Waals surface area contributed by atoms with E-state index in [1.165, 1.54) is 0 Å². The lowest BCUT2D eigenvalue weighted by Gasteiger charge is -2.35. The Balaban J connectivity index is 1.67. The number of amides is 1. The van der Waals surface area contributed by atoms with E-state index in [-0.39, 0.29) is 18.1 Å². The summed E-state index contributed by atoms with van der Waals surface area (Å²) in [5.41, 5.74) is 0.946. The Kier molecular flexibility index (Phi) is 7.15. The van der Waals surface area contributed by atoms with Gasteiger partial charge in [-0.1, -0.05) is 29.3 Å². The van der Waals surface area contributed by atoms with Gasteiger partial charge in [-0.2, -0.15) is 0 Å². The summed E-state index contributed by atoms with van der Waals surface area (Å²) < 4.78 is 5.70. The van der Waals surface area contributed by atoms with E-state index in [2.05, 4.69) is 24.1 Å². The van der Waals surface area contributed by atoms with Gasteiger partial charge in [0, 0.05) is 42.6 Å². The van der Waals surface area contributed by atoms with Crippen LogP contribution in [-0.2, 0) is 16.0 Å². The van der Waals surface area contributed by atoms with Crippen molar-refractivity contribution in [1.29, 1.82) is 0 Å². The molecule has 0 bridgehead atoms. The van der Waals surface area contributed by atoms with Crippen LogP contribution < -0.4 is 5.32 Å². The van der Waals surface area contributed by atoms with E-state index in [9.17, 15) is 4.79 Å². The third-order valence-electron chi connectivity index (χ3n) is 3.88. The summed E-state index contributed by atoms with van der Waals surface area (Å²) in [4.78, 5) is 14.3. The average molecular weight is 359 g/mol. The van der Waals surface area contributed by atoms with Crippen LogP contribution in [0, 0.1) is 0 Å². The number of carbonyl (C=O) groups excluding carboxylic acids is 1. The van der Waals surface area contributed by atoms with E-state index in [4.69, 9.17) is 27.9 Å². The Morgan fingerprint density at radius 1 is 1.30 bits per heavy atom. The predicted molar refractivity (Wildman–Crippen MR) is 94.2 cm³/mol. The second kappa shape index (κ2) is 8.88. The monoisotopic (exact) mass is 358 g/mol. The fourth-order valence-corrected chi connectivity index (χ4v) is 3.38. The van der Waals surface area contributed by atoms with E-state index in [1.807, 2.05) is 6.07 Å². The zero-order chi connectivity index (χ0) is 16.8. The van der Waals surface area contributed by atoms with Gasteiger partial charge in [0.1, 0.15) is 0 Å². The van der Waals surface area contributed by atoms with E-state index in [0.717, 1.165) is 25.2 Å². The van der Waals surface area contributed by atoms with Crippen molar-refractivity contribution >= 4 is 29.1 Å². The maximum absolute atomic E-state index is 11.9. The molecule has 6 heteroatoms. The second-order valence-corrected chi connectivity index (χ2v) is 6.95. The molecule has 2 atom stereocenters. The Morgan fingerprint density at radius 2 is 2.00 bits per heavy atom. The predicted octanol–water partition coefficient (Wildman–Crippen LogP) is 3.15. The highest BCUT2D eigenvalue weighted by Gasteiger charge is 2.21. The van der Waals surface area contributed by atoms with Crippen molar-refractivity contribution in [3.05, 3.63) is 33.8 Å². The SMILES string of the molecule is CC1CN(CCNC(=O)CCc2ccc(Cl)cc2Cl)CC(C)O1. The van der Waals surface area contributed by atoms with Gasteiger partial charge in [0.05, 0.1) is 12.2 Å². The minimum absolute atomic E-state index is 0.0466. The highest BCUT2D eigenvalue weighted by molar-refractivity contribution is 6.35. The van der Waals surface area contributed by atoms with Crippen LogP contribution in [0.15, 0.2) is 18.2 Å². The van der Waals surface area contributed by atoms with Crippen molar-refractivity contribution in [3.8, 4) is 0 Å². The Hall–Kier alpha value is -0.810. The molecule has 2 rings (SSSR count). The third-order valence-corrected chi connectivity index (χ3v) is 4.47. The molecule has 128 valence electrons. The number of halogens is 2. The number of carbonyl (C=O) groups is 1. The molecule has 2 unspecified atom stereocenters. The number of ether oxygens (including phenoxy) is 1. The van der Waals surface area contributed by atoms with E-state index in [1.54, 1.807) is 12.1 Å². The molecule has 1 aromatic rings. The first-order valence-corrected chi connectivity index (χ1v) is 8.78. The highest BCUT2D eigenvalue weighted by atomic mass is 35.5. The van der Waals surface area contributed by atoms with Crippen molar-refractivity contribution in [3.63, 3.8) is 0 Å². The molecule has 1 aliphatic heterocycles. The zero-order valence-corrected chi connectivity index (χ0v) is 15.2. The summed E-state index contributed by atoms with van der Waals surface area (Å²) in [6.45, 7) is 7.51. The van der Waals surface area contributed by atoms with Crippen molar-refractivity contribution < 1.29 is 9.53 Å². The quantitative estimate of drug-likeness (QED) is 0.849. The lowest BCUT2D eigenvalue weighted by Crippen LogP contribution is -2.47. The molecule has 0 spiro atoms. The first-order valence-electron chi connectivity index (χ1n) is 8.02. The molecule has 0 saturated carbocycles. The fourth-order valence-electron chi connectivity index (χ4n) is 2.88. The Bertz CT molecular complexity index is 529. The van der Waals surface area contributed by atoms with Crippen LogP contribution in [-0.4, -0.2) is 49.2 Å². The number of rotatable bonds is 6. The lowest BCUT2D eigenvalue weighted by atomic mass is 10.1. The normalized spacial score (nSPS) is 22.1. The van der Waals surface area contributed by atoms with Gasteiger partial charge in [-0.15, -0.1) is 0 Å². The summed E-state index contributed by atoms with van der Waals surface area (Å²) in [5.74, 6) is 0.0466. The largest absolute Gasteiger partial charge is 0.373 e. The minimum atomic E-state index is 0.0466. The first kappa shape index (κ1) is 18.5. The summed E-state index contributed by atoms with van der Waals surface area (Å²) >= 11 is 12.0. The molecule has 4 nitrogen and oxygen atoms in total. The van der Waals surface area contributed by atoms with Gasteiger partial charge in [-0.25, -0.2) is 0 Å². The topological polar surface area (TPSA) is 41.6 Å². The molecular weight excluding hydrogens is 335 g/mol. The molecule has 1 heterocycles. The third kappa shape index (κ3) is 6.30. The molecule has 1 fully saturated rings. The second-order valence-electron chi connectivity index (χ2n) is 6.10. The van der Waals surface area contributed by atoms with Crippen molar-refractivity contribution in [2.45, 2.75) is 38.9 Å². The van der Waals surface area contributed by atoms with Crippen molar-refractivity contribution in [1.82, 2.24) is 10.2 Å². The molecular formula is C17H24Cl2N2O2. The maximum atomic E-state index is 11.9. The standard InChI is InChI=1S/C17H24Cl2N2O2/c1-12-10-21(11-13(2)23-12)8-7-20-17(22)6-4-14-3-5-15(18)9-16(14)19/h3,5,9,12-13H,4,6-8,10-11H2,1-2H3,(H,20,22). The number of benzene rings is 1. The van der Waals surface area contributed by atoms with Crippen LogP contribution in [0.5, 0.6) is 0 Å².